The minimum absolute atomic E-state index is 0.0816. The molecule has 0 rings (SSSR count). The van der Waals surface area contributed by atoms with Crippen LogP contribution in [0.5, 0.6) is 0 Å². The summed E-state index contributed by atoms with van der Waals surface area (Å²) in [7, 11) is 0. The van der Waals surface area contributed by atoms with Gasteiger partial charge in [-0.2, -0.15) is 0 Å². The minimum Gasteiger partial charge on any atom is -0.428 e. The van der Waals surface area contributed by atoms with E-state index in [4.69, 9.17) is 11.6 Å². The van der Waals surface area contributed by atoms with Gasteiger partial charge < -0.3 is 4.74 Å². The molecule has 0 amide bonds. The average molecular weight is 179 g/mol. The van der Waals surface area contributed by atoms with E-state index in [2.05, 4.69) is 4.74 Å². The van der Waals surface area contributed by atoms with Crippen LogP contribution in [0, 0.1) is 0 Å². The number of hydrogen-bond donors (Lipinski definition) is 0. The Bertz CT molecular complexity index is 201. The molecule has 0 aliphatic carbocycles. The Morgan fingerprint density at radius 1 is 1.45 bits per heavy atom. The zero-order valence-electron chi connectivity index (χ0n) is 6.09. The molecule has 0 aromatic rings. The van der Waals surface area contributed by atoms with Crippen LogP contribution in [0.1, 0.15) is 13.8 Å². The van der Waals surface area contributed by atoms with Gasteiger partial charge in [0.15, 0.2) is 12.1 Å². The number of rotatable bonds is 3. The highest BCUT2D eigenvalue weighted by Gasteiger charge is 2.36. The van der Waals surface area contributed by atoms with Crippen LogP contribution in [-0.4, -0.2) is 23.1 Å². The third-order valence-corrected chi connectivity index (χ3v) is 1.36. The number of ketones is 1. The quantitative estimate of drug-likeness (QED) is 0.269. The second-order valence-electron chi connectivity index (χ2n) is 1.91. The third-order valence-electron chi connectivity index (χ3n) is 0.924. The van der Waals surface area contributed by atoms with Crippen LogP contribution in [0.4, 0.5) is 0 Å². The monoisotopic (exact) mass is 178 g/mol. The smallest absolute Gasteiger partial charge is 0.305 e. The number of alkyl halides is 1. The first-order chi connectivity index (χ1) is 4.92. The Balaban J connectivity index is 4.47. The SMILES string of the molecule is CC(=O)OC(Cl)(C=O)C(C)=O. The molecule has 0 bridgehead atoms. The van der Waals surface area contributed by atoms with Crippen molar-refractivity contribution < 1.29 is 19.1 Å². The lowest BCUT2D eigenvalue weighted by atomic mass is 10.3. The molecule has 1 atom stereocenters. The van der Waals surface area contributed by atoms with Crippen molar-refractivity contribution in [3.63, 3.8) is 0 Å². The van der Waals surface area contributed by atoms with Crippen molar-refractivity contribution in [2.45, 2.75) is 18.9 Å². The summed E-state index contributed by atoms with van der Waals surface area (Å²) in [5.41, 5.74) is 0. The first-order valence-electron chi connectivity index (χ1n) is 2.78. The highest BCUT2D eigenvalue weighted by Crippen LogP contribution is 2.15. The van der Waals surface area contributed by atoms with Gasteiger partial charge >= 0.3 is 5.97 Å². The Hall–Kier alpha value is -0.900. The molecule has 0 spiro atoms. The molecule has 0 saturated heterocycles. The minimum atomic E-state index is -2.13. The summed E-state index contributed by atoms with van der Waals surface area (Å²) in [5, 5.41) is -2.13. The van der Waals surface area contributed by atoms with Crippen LogP contribution in [0.3, 0.4) is 0 Å². The van der Waals surface area contributed by atoms with Crippen molar-refractivity contribution >= 4 is 29.6 Å². The number of esters is 1. The summed E-state index contributed by atoms with van der Waals surface area (Å²) >= 11 is 5.29. The third kappa shape index (κ3) is 2.67. The van der Waals surface area contributed by atoms with Gasteiger partial charge in [-0.25, -0.2) is 0 Å². The summed E-state index contributed by atoms with van der Waals surface area (Å²) < 4.78 is 4.26. The predicted molar refractivity (Wildman–Crippen MR) is 37.1 cm³/mol. The van der Waals surface area contributed by atoms with Crippen LogP contribution in [-0.2, 0) is 19.1 Å². The van der Waals surface area contributed by atoms with E-state index in [0.717, 1.165) is 13.8 Å². The molecule has 0 aliphatic rings. The van der Waals surface area contributed by atoms with Gasteiger partial charge in [0, 0.05) is 13.8 Å². The fourth-order valence-corrected chi connectivity index (χ4v) is 0.497. The maximum Gasteiger partial charge on any atom is 0.305 e. The highest BCUT2D eigenvalue weighted by atomic mass is 35.5. The van der Waals surface area contributed by atoms with Gasteiger partial charge in [0.25, 0.3) is 5.06 Å². The second-order valence-corrected chi connectivity index (χ2v) is 2.47. The molecule has 0 fully saturated rings. The molecule has 4 nitrogen and oxygen atoms in total. The Kier molecular flexibility index (Phi) is 3.19. The van der Waals surface area contributed by atoms with Crippen LogP contribution in [0.25, 0.3) is 0 Å². The van der Waals surface area contributed by atoms with Crippen LogP contribution >= 0.6 is 11.6 Å². The van der Waals surface area contributed by atoms with Gasteiger partial charge in [-0.05, 0) is 0 Å². The Labute approximate surface area is 68.5 Å². The maximum atomic E-state index is 10.6. The van der Waals surface area contributed by atoms with Crippen LogP contribution < -0.4 is 0 Å². The topological polar surface area (TPSA) is 60.4 Å². The van der Waals surface area contributed by atoms with E-state index < -0.39 is 16.8 Å². The summed E-state index contributed by atoms with van der Waals surface area (Å²) in [6.45, 7) is 2.12. The number of ether oxygens (including phenoxy) is 1. The van der Waals surface area contributed by atoms with E-state index in [1.165, 1.54) is 0 Å². The number of aldehydes is 1. The molecule has 62 valence electrons. The first kappa shape index (κ1) is 10.1. The van der Waals surface area contributed by atoms with Crippen molar-refractivity contribution in [2.24, 2.45) is 0 Å². The maximum absolute atomic E-state index is 10.6. The van der Waals surface area contributed by atoms with E-state index in [0.29, 0.717) is 0 Å². The fraction of sp³-hybridized carbons (Fsp3) is 0.500. The predicted octanol–water partition coefficient (Wildman–Crippen LogP) is 0.272. The molecular formula is C6H7ClO4. The lowest BCUT2D eigenvalue weighted by molar-refractivity contribution is -0.158. The van der Waals surface area contributed by atoms with E-state index >= 15 is 0 Å². The molecule has 0 saturated carbocycles. The number of carbonyl (C=O) groups is 3. The molecule has 0 aliphatic heterocycles. The van der Waals surface area contributed by atoms with E-state index in [1.54, 1.807) is 0 Å². The van der Waals surface area contributed by atoms with Gasteiger partial charge in [-0.3, -0.25) is 14.4 Å². The zero-order valence-corrected chi connectivity index (χ0v) is 6.84. The molecule has 1 unspecified atom stereocenters. The summed E-state index contributed by atoms with van der Waals surface area (Å²) in [6.07, 6.45) is 0.0816. The standard InChI is InChI=1S/C6H7ClO4/c1-4(9)6(7,3-8)11-5(2)10/h3H,1-2H3. The summed E-state index contributed by atoms with van der Waals surface area (Å²) in [4.78, 5) is 31.1. The second kappa shape index (κ2) is 3.48. The summed E-state index contributed by atoms with van der Waals surface area (Å²) in [6, 6.07) is 0. The lowest BCUT2D eigenvalue weighted by Gasteiger charge is -2.15. The fourth-order valence-electron chi connectivity index (χ4n) is 0.388. The molecule has 11 heavy (non-hydrogen) atoms. The molecular weight excluding hydrogens is 172 g/mol. The molecule has 0 N–H and O–H groups in total. The van der Waals surface area contributed by atoms with Crippen LogP contribution in [0.15, 0.2) is 0 Å². The number of carbonyl (C=O) groups excluding carboxylic acids is 3. The zero-order chi connectivity index (χ0) is 9.07. The van der Waals surface area contributed by atoms with Gasteiger partial charge in [0.05, 0.1) is 0 Å². The van der Waals surface area contributed by atoms with Crippen molar-refractivity contribution in [1.29, 1.82) is 0 Å². The molecule has 0 heterocycles. The van der Waals surface area contributed by atoms with E-state index in [1.807, 2.05) is 0 Å². The largest absolute Gasteiger partial charge is 0.428 e. The molecule has 5 heteroatoms. The Morgan fingerprint density at radius 2 is 1.91 bits per heavy atom. The summed E-state index contributed by atoms with van der Waals surface area (Å²) in [5.74, 6) is -1.49. The molecule has 0 aromatic carbocycles. The molecule has 0 aromatic heterocycles. The van der Waals surface area contributed by atoms with E-state index in [9.17, 15) is 14.4 Å². The Morgan fingerprint density at radius 3 is 2.00 bits per heavy atom. The molecule has 0 radical (unpaired) electrons. The highest BCUT2D eigenvalue weighted by molar-refractivity contribution is 6.42. The van der Waals surface area contributed by atoms with Gasteiger partial charge in [0.2, 0.25) is 0 Å². The van der Waals surface area contributed by atoms with Gasteiger partial charge in [0.1, 0.15) is 0 Å². The van der Waals surface area contributed by atoms with Crippen molar-refractivity contribution in [2.75, 3.05) is 0 Å². The van der Waals surface area contributed by atoms with E-state index in [-0.39, 0.29) is 6.29 Å². The normalized spacial score (nSPS) is 14.8. The van der Waals surface area contributed by atoms with Crippen molar-refractivity contribution in [1.82, 2.24) is 0 Å². The van der Waals surface area contributed by atoms with Gasteiger partial charge in [-0.1, -0.05) is 11.6 Å². The van der Waals surface area contributed by atoms with Crippen molar-refractivity contribution in [3.8, 4) is 0 Å². The number of hydrogen-bond acceptors (Lipinski definition) is 4. The number of halogens is 1. The van der Waals surface area contributed by atoms with Crippen LogP contribution in [0.2, 0.25) is 0 Å². The average Bonchev–Trinajstić information content (AvgIpc) is 1.86. The van der Waals surface area contributed by atoms with Gasteiger partial charge in [-0.15, -0.1) is 0 Å². The number of Topliss-reactive ketones (excluding diaryl/α,β-unsaturated/α-hetero) is 1. The first-order valence-corrected chi connectivity index (χ1v) is 3.16. The lowest BCUT2D eigenvalue weighted by Crippen LogP contribution is -2.37. The van der Waals surface area contributed by atoms with Crippen molar-refractivity contribution in [3.05, 3.63) is 0 Å².